The Morgan fingerprint density at radius 3 is 2.76 bits per heavy atom. The molecule has 1 saturated heterocycles. The Morgan fingerprint density at radius 2 is 2.02 bits per heavy atom. The topological polar surface area (TPSA) is 56.3 Å². The third kappa shape index (κ3) is 4.40. The fourth-order valence-corrected chi connectivity index (χ4v) is 9.84. The van der Waals surface area contributed by atoms with Gasteiger partial charge in [-0.3, -0.25) is 9.69 Å². The molecule has 42 heavy (non-hydrogen) atoms. The van der Waals surface area contributed by atoms with E-state index in [0.717, 1.165) is 60.2 Å². The van der Waals surface area contributed by atoms with Crippen LogP contribution in [0, 0.1) is 5.92 Å². The number of anilines is 1. The minimum absolute atomic E-state index is 0.00925. The fourth-order valence-electron chi connectivity index (χ4n) is 8.50. The third-order valence-corrected chi connectivity index (χ3v) is 12.0. The minimum atomic E-state index is -0.208. The van der Waals surface area contributed by atoms with Crippen molar-refractivity contribution in [1.29, 1.82) is 0 Å². The number of likely N-dealkylation sites (N-methyl/N-ethyl adjacent to an activating group) is 1. The van der Waals surface area contributed by atoms with Crippen LogP contribution < -0.4 is 9.64 Å². The highest BCUT2D eigenvalue weighted by Crippen LogP contribution is 2.65. The Labute approximate surface area is 260 Å². The van der Waals surface area contributed by atoms with Gasteiger partial charge in [0, 0.05) is 77.3 Å². The summed E-state index contributed by atoms with van der Waals surface area (Å²) in [5.41, 5.74) is 4.80. The summed E-state index contributed by atoms with van der Waals surface area (Å²) < 4.78 is 7.87. The summed E-state index contributed by atoms with van der Waals surface area (Å²) in [5, 5.41) is 13.3. The molecule has 6 nitrogen and oxygen atoms in total. The number of amides is 1. The van der Waals surface area contributed by atoms with Crippen LogP contribution in [0.4, 0.5) is 5.69 Å². The monoisotopic (exact) mass is 647 g/mol. The van der Waals surface area contributed by atoms with Gasteiger partial charge in [-0.2, -0.15) is 0 Å². The molecule has 2 aromatic carbocycles. The second-order valence-electron chi connectivity index (χ2n) is 12.6. The van der Waals surface area contributed by atoms with Crippen molar-refractivity contribution < 1.29 is 14.6 Å². The lowest BCUT2D eigenvalue weighted by atomic mass is 9.50. The number of carbonyl (C=O) groups is 1. The van der Waals surface area contributed by atoms with Gasteiger partial charge in [-0.1, -0.05) is 30.3 Å². The first-order valence-corrected chi connectivity index (χ1v) is 16.7. The van der Waals surface area contributed by atoms with Crippen LogP contribution in [0.15, 0.2) is 58.4 Å². The molecule has 5 atom stereocenters. The van der Waals surface area contributed by atoms with Gasteiger partial charge in [-0.05, 0) is 83.8 Å². The minimum Gasteiger partial charge on any atom is -0.504 e. The molecule has 1 spiro atoms. The summed E-state index contributed by atoms with van der Waals surface area (Å²) in [7, 11) is 6.05. The average Bonchev–Trinajstić information content (AvgIpc) is 3.56. The van der Waals surface area contributed by atoms with Gasteiger partial charge in [0.1, 0.15) is 6.10 Å². The molecular weight excluding hydrogens is 610 g/mol. The molecule has 2 aliphatic heterocycles. The summed E-state index contributed by atoms with van der Waals surface area (Å²) in [4.78, 5) is 21.3. The summed E-state index contributed by atoms with van der Waals surface area (Å²) in [6, 6.07) is 15.1. The number of rotatable bonds is 7. The Kier molecular flexibility index (Phi) is 7.14. The summed E-state index contributed by atoms with van der Waals surface area (Å²) in [6.07, 6.45) is 8.33. The predicted molar refractivity (Wildman–Crippen MR) is 173 cm³/mol. The van der Waals surface area contributed by atoms with E-state index in [0.29, 0.717) is 17.7 Å². The molecule has 1 amide bonds. The molecule has 2 fully saturated rings. The van der Waals surface area contributed by atoms with Crippen LogP contribution in [-0.4, -0.2) is 73.2 Å². The van der Waals surface area contributed by atoms with E-state index in [9.17, 15) is 9.90 Å². The first-order chi connectivity index (χ1) is 20.3. The number of carbonyl (C=O) groups excluding carboxylic acids is 1. The average molecular weight is 649 g/mol. The molecule has 220 valence electrons. The van der Waals surface area contributed by atoms with E-state index in [-0.39, 0.29) is 29.2 Å². The zero-order valence-electron chi connectivity index (χ0n) is 24.4. The maximum atomic E-state index is 13.5. The standard InChI is InChI=1S/C34H38BrN3O3S/c1-36(2)27-19-29(39)32-31-24(27)18-28-25-10-11-26(37(3)30(40)12-9-23-17-22(35)20-42-23)33(41-32)34(25,31)14-16-38(28)15-13-21-7-5-4-6-8-21/h4-9,12,17,19-20,25-26,28,33,39H,10-11,13-16,18H2,1-3H3/b12-9+/t25-,26-,28+,33-,34-/m0/s1. The molecule has 8 heteroatoms. The molecule has 2 aliphatic carbocycles. The van der Waals surface area contributed by atoms with E-state index in [1.807, 2.05) is 35.5 Å². The van der Waals surface area contributed by atoms with Crippen molar-refractivity contribution >= 4 is 44.9 Å². The highest BCUT2D eigenvalue weighted by Gasteiger charge is 2.66. The number of hydrogen-bond acceptors (Lipinski definition) is 6. The van der Waals surface area contributed by atoms with Gasteiger partial charge in [-0.15, -0.1) is 11.3 Å². The van der Waals surface area contributed by atoms with Crippen LogP contribution in [0.2, 0.25) is 0 Å². The Morgan fingerprint density at radius 1 is 1.21 bits per heavy atom. The van der Waals surface area contributed by atoms with Gasteiger partial charge in [0.2, 0.25) is 5.91 Å². The number of aromatic hydroxyl groups is 1. The Balaban J connectivity index is 1.24. The molecule has 1 aromatic heterocycles. The Hall–Kier alpha value is -2.81. The molecule has 3 aromatic rings. The van der Waals surface area contributed by atoms with Crippen LogP contribution in [0.5, 0.6) is 11.5 Å². The van der Waals surface area contributed by atoms with Crippen LogP contribution in [0.25, 0.3) is 6.08 Å². The summed E-state index contributed by atoms with van der Waals surface area (Å²) in [5.74, 6) is 1.30. The number of piperidine rings is 1. The predicted octanol–water partition coefficient (Wildman–Crippen LogP) is 6.10. The lowest BCUT2D eigenvalue weighted by Gasteiger charge is -2.60. The van der Waals surface area contributed by atoms with Crippen molar-refractivity contribution in [3.05, 3.63) is 80.0 Å². The smallest absolute Gasteiger partial charge is 0.246 e. The van der Waals surface area contributed by atoms with E-state index >= 15 is 0 Å². The molecule has 1 N–H and O–H groups in total. The molecule has 1 saturated carbocycles. The van der Waals surface area contributed by atoms with Gasteiger partial charge in [0.15, 0.2) is 11.5 Å². The lowest BCUT2D eigenvalue weighted by Crippen LogP contribution is -2.69. The van der Waals surface area contributed by atoms with E-state index in [2.05, 4.69) is 70.2 Å². The van der Waals surface area contributed by atoms with Gasteiger partial charge in [-0.25, -0.2) is 0 Å². The number of phenolic OH excluding ortho intramolecular Hbond substituents is 1. The van der Waals surface area contributed by atoms with Crippen molar-refractivity contribution in [2.45, 2.75) is 55.7 Å². The molecule has 4 aliphatic rings. The zero-order chi connectivity index (χ0) is 29.2. The number of likely N-dealkylation sites (tertiary alicyclic amines) is 1. The number of thiophene rings is 1. The second-order valence-corrected chi connectivity index (χ2v) is 14.4. The highest BCUT2D eigenvalue weighted by atomic mass is 79.9. The maximum absolute atomic E-state index is 13.5. The number of benzene rings is 2. The van der Waals surface area contributed by atoms with Gasteiger partial charge in [0.25, 0.3) is 0 Å². The van der Waals surface area contributed by atoms with Crippen LogP contribution >= 0.6 is 27.3 Å². The van der Waals surface area contributed by atoms with Gasteiger partial charge < -0.3 is 19.6 Å². The van der Waals surface area contributed by atoms with Crippen molar-refractivity contribution in [2.75, 3.05) is 39.1 Å². The summed E-state index contributed by atoms with van der Waals surface area (Å²) >= 11 is 5.11. The molecule has 7 rings (SSSR count). The number of ether oxygens (including phenoxy) is 1. The second kappa shape index (κ2) is 10.7. The molecule has 3 heterocycles. The zero-order valence-corrected chi connectivity index (χ0v) is 26.8. The SMILES string of the molecule is CN(C)c1cc(O)c2c3c1C[C@@H]1[C@@H]4CC[C@H](N(C)C(=O)/C=C/c5cc(Br)cs5)[C@H](O2)[C@]34CCN1CCc1ccccc1. The lowest BCUT2D eigenvalue weighted by molar-refractivity contribution is -0.135. The van der Waals surface area contributed by atoms with E-state index in [1.54, 1.807) is 17.4 Å². The largest absolute Gasteiger partial charge is 0.504 e. The first kappa shape index (κ1) is 28.0. The number of nitrogens with zero attached hydrogens (tertiary/aromatic N) is 3. The van der Waals surface area contributed by atoms with Crippen LogP contribution in [0.1, 0.15) is 40.8 Å². The van der Waals surface area contributed by atoms with E-state index in [1.165, 1.54) is 16.7 Å². The highest BCUT2D eigenvalue weighted by molar-refractivity contribution is 9.10. The fraction of sp³-hybridized carbons (Fsp3) is 0.441. The number of halogens is 1. The molecule has 2 bridgehead atoms. The van der Waals surface area contributed by atoms with Crippen LogP contribution in [0.3, 0.4) is 0 Å². The number of phenols is 1. The van der Waals surface area contributed by atoms with E-state index < -0.39 is 0 Å². The normalized spacial score (nSPS) is 27.5. The maximum Gasteiger partial charge on any atom is 0.246 e. The Bertz CT molecular complexity index is 1540. The first-order valence-electron chi connectivity index (χ1n) is 15.0. The quantitative estimate of drug-likeness (QED) is 0.314. The molecular formula is C34H38BrN3O3S. The van der Waals surface area contributed by atoms with Crippen molar-refractivity contribution in [1.82, 2.24) is 9.80 Å². The van der Waals surface area contributed by atoms with Crippen molar-refractivity contribution in [3.8, 4) is 11.5 Å². The van der Waals surface area contributed by atoms with Gasteiger partial charge >= 0.3 is 0 Å². The summed E-state index contributed by atoms with van der Waals surface area (Å²) in [6.45, 7) is 2.03. The van der Waals surface area contributed by atoms with Crippen molar-refractivity contribution in [3.63, 3.8) is 0 Å². The number of hydrogen-bond donors (Lipinski definition) is 1. The van der Waals surface area contributed by atoms with E-state index in [4.69, 9.17) is 4.74 Å². The molecule has 0 unspecified atom stereocenters. The third-order valence-electron chi connectivity index (χ3n) is 10.3. The van der Waals surface area contributed by atoms with Crippen molar-refractivity contribution in [2.24, 2.45) is 5.92 Å². The van der Waals surface area contributed by atoms with Crippen LogP contribution in [-0.2, 0) is 23.1 Å². The van der Waals surface area contributed by atoms with Gasteiger partial charge in [0.05, 0.1) is 6.04 Å². The molecule has 0 radical (unpaired) electrons.